The molecule has 0 aromatic heterocycles. The number of phenols is 1. The molecule has 0 unspecified atom stereocenters. The highest BCUT2D eigenvalue weighted by Gasteiger charge is 2.01. The Balaban J connectivity index is 3.17. The molecule has 0 saturated heterocycles. The third-order valence-electron chi connectivity index (χ3n) is 1.56. The number of terminal acetylenes is 1. The van der Waals surface area contributed by atoms with Gasteiger partial charge in [0.25, 0.3) is 0 Å². The van der Waals surface area contributed by atoms with E-state index < -0.39 is 0 Å². The summed E-state index contributed by atoms with van der Waals surface area (Å²) >= 11 is 0. The number of benzene rings is 1. The van der Waals surface area contributed by atoms with E-state index in [1.807, 2.05) is 0 Å². The van der Waals surface area contributed by atoms with E-state index in [0.717, 1.165) is 0 Å². The molecule has 0 aliphatic heterocycles. The van der Waals surface area contributed by atoms with E-state index in [2.05, 4.69) is 16.4 Å². The maximum absolute atomic E-state index is 9.43. The van der Waals surface area contributed by atoms with Gasteiger partial charge in [0.05, 0.1) is 11.8 Å². The number of aromatic hydroxyl groups is 1. The molecule has 0 aliphatic rings. The predicted octanol–water partition coefficient (Wildman–Crippen LogP) is 0.927. The maximum Gasteiger partial charge on any atom is 0.125 e. The molecule has 0 spiro atoms. The summed E-state index contributed by atoms with van der Waals surface area (Å²) in [5.41, 5.74) is 3.76. The van der Waals surface area contributed by atoms with Gasteiger partial charge in [-0.2, -0.15) is 5.10 Å². The third-order valence-corrected chi connectivity index (χ3v) is 1.56. The van der Waals surface area contributed by atoms with Crippen molar-refractivity contribution in [3.05, 3.63) is 29.3 Å². The first-order chi connectivity index (χ1) is 6.29. The van der Waals surface area contributed by atoms with Crippen LogP contribution in [-0.2, 0) is 0 Å². The number of hydrogen-bond acceptors (Lipinski definition) is 3. The zero-order chi connectivity index (χ0) is 9.68. The second kappa shape index (κ2) is 4.17. The quantitative estimate of drug-likeness (QED) is 0.398. The first-order valence-electron chi connectivity index (χ1n) is 3.78. The average molecular weight is 174 g/mol. The topological polar surface area (TPSA) is 44.6 Å². The monoisotopic (exact) mass is 174 g/mol. The van der Waals surface area contributed by atoms with Gasteiger partial charge in [-0.05, 0) is 12.1 Å². The first-order valence-corrected chi connectivity index (χ1v) is 3.78. The number of hydrazone groups is 1. The smallest absolute Gasteiger partial charge is 0.125 e. The van der Waals surface area contributed by atoms with Crippen LogP contribution < -0.4 is 5.43 Å². The molecule has 2 N–H and O–H groups in total. The maximum atomic E-state index is 9.43. The van der Waals surface area contributed by atoms with Crippen LogP contribution in [0.3, 0.4) is 0 Å². The van der Waals surface area contributed by atoms with Crippen LogP contribution in [0.2, 0.25) is 0 Å². The number of nitrogens with one attached hydrogen (secondary N) is 1. The molecular weight excluding hydrogens is 164 g/mol. The van der Waals surface area contributed by atoms with E-state index in [9.17, 15) is 5.11 Å². The van der Waals surface area contributed by atoms with Gasteiger partial charge in [0.1, 0.15) is 5.75 Å². The van der Waals surface area contributed by atoms with Crippen LogP contribution in [0.25, 0.3) is 0 Å². The Morgan fingerprint density at radius 1 is 1.62 bits per heavy atom. The van der Waals surface area contributed by atoms with Crippen molar-refractivity contribution in [3.8, 4) is 18.1 Å². The summed E-state index contributed by atoms with van der Waals surface area (Å²) < 4.78 is 0. The molecule has 13 heavy (non-hydrogen) atoms. The number of rotatable bonds is 2. The summed E-state index contributed by atoms with van der Waals surface area (Å²) in [5.74, 6) is 2.60. The number of nitrogens with zero attached hydrogens (tertiary/aromatic N) is 1. The Bertz CT molecular complexity index is 364. The van der Waals surface area contributed by atoms with Gasteiger partial charge in [-0.1, -0.05) is 12.0 Å². The molecule has 0 bridgehead atoms. The lowest BCUT2D eigenvalue weighted by molar-refractivity contribution is 0.474. The van der Waals surface area contributed by atoms with Crippen molar-refractivity contribution in [1.29, 1.82) is 0 Å². The molecule has 0 amide bonds. The van der Waals surface area contributed by atoms with Crippen molar-refractivity contribution in [2.45, 2.75) is 0 Å². The molecule has 0 aliphatic carbocycles. The fourth-order valence-corrected chi connectivity index (χ4v) is 0.944. The zero-order valence-electron chi connectivity index (χ0n) is 7.28. The van der Waals surface area contributed by atoms with Crippen molar-refractivity contribution in [2.75, 3.05) is 7.05 Å². The lowest BCUT2D eigenvalue weighted by Crippen LogP contribution is -1.96. The molecule has 1 aromatic carbocycles. The van der Waals surface area contributed by atoms with Gasteiger partial charge in [0.15, 0.2) is 0 Å². The minimum absolute atomic E-state index is 0.134. The molecule has 0 radical (unpaired) electrons. The van der Waals surface area contributed by atoms with Crippen molar-refractivity contribution < 1.29 is 5.11 Å². The zero-order valence-corrected chi connectivity index (χ0v) is 7.28. The molecule has 1 aromatic rings. The summed E-state index contributed by atoms with van der Waals surface area (Å²) in [7, 11) is 1.67. The molecule has 3 nitrogen and oxygen atoms in total. The molecule has 1 rings (SSSR count). The van der Waals surface area contributed by atoms with E-state index in [4.69, 9.17) is 6.42 Å². The predicted molar refractivity (Wildman–Crippen MR) is 52.7 cm³/mol. The standard InChI is InChI=1S/C10H10N2O/c1-3-8-5-4-6-10(13)9(8)7-12-11-2/h1,4-7,11,13H,2H3/b12-7+. The third kappa shape index (κ3) is 2.00. The minimum atomic E-state index is 0.134. The van der Waals surface area contributed by atoms with Gasteiger partial charge in [0.2, 0.25) is 0 Å². The molecule has 0 atom stereocenters. The lowest BCUT2D eigenvalue weighted by Gasteiger charge is -2.00. The average Bonchev–Trinajstić information content (AvgIpc) is 2.15. The van der Waals surface area contributed by atoms with E-state index >= 15 is 0 Å². The highest BCUT2D eigenvalue weighted by molar-refractivity contribution is 5.86. The lowest BCUT2D eigenvalue weighted by atomic mass is 10.1. The molecule has 66 valence electrons. The van der Waals surface area contributed by atoms with Crippen LogP contribution in [-0.4, -0.2) is 18.4 Å². The molecule has 0 saturated carbocycles. The summed E-state index contributed by atoms with van der Waals surface area (Å²) in [5, 5.41) is 13.2. The van der Waals surface area contributed by atoms with Crippen molar-refractivity contribution in [2.24, 2.45) is 5.10 Å². The summed E-state index contributed by atoms with van der Waals surface area (Å²) in [6.07, 6.45) is 6.74. The van der Waals surface area contributed by atoms with Crippen LogP contribution in [0.1, 0.15) is 11.1 Å². The fraction of sp³-hybridized carbons (Fsp3) is 0.100. The second-order valence-corrected chi connectivity index (χ2v) is 2.36. The summed E-state index contributed by atoms with van der Waals surface area (Å²) in [6, 6.07) is 5.01. The van der Waals surface area contributed by atoms with Crippen molar-refractivity contribution in [1.82, 2.24) is 5.43 Å². The van der Waals surface area contributed by atoms with Gasteiger partial charge >= 0.3 is 0 Å². The highest BCUT2D eigenvalue weighted by atomic mass is 16.3. The van der Waals surface area contributed by atoms with Crippen LogP contribution in [0.4, 0.5) is 0 Å². The SMILES string of the molecule is C#Cc1cccc(O)c1/C=N/NC. The van der Waals surface area contributed by atoms with Crippen molar-refractivity contribution >= 4 is 6.21 Å². The second-order valence-electron chi connectivity index (χ2n) is 2.36. The molecule has 3 heteroatoms. The van der Waals surface area contributed by atoms with Gasteiger partial charge in [0, 0.05) is 12.6 Å². The highest BCUT2D eigenvalue weighted by Crippen LogP contribution is 2.17. The Morgan fingerprint density at radius 3 is 3.00 bits per heavy atom. The van der Waals surface area contributed by atoms with Crippen LogP contribution in [0, 0.1) is 12.3 Å². The van der Waals surface area contributed by atoms with Gasteiger partial charge < -0.3 is 10.5 Å². The van der Waals surface area contributed by atoms with E-state index in [1.54, 1.807) is 25.2 Å². The largest absolute Gasteiger partial charge is 0.507 e. The Labute approximate surface area is 77.1 Å². The van der Waals surface area contributed by atoms with Crippen LogP contribution in [0.5, 0.6) is 5.75 Å². The number of phenolic OH excluding ortho intramolecular Hbond substituents is 1. The molecule has 0 fully saturated rings. The molecular formula is C10H10N2O. The Hall–Kier alpha value is -1.95. The van der Waals surface area contributed by atoms with E-state index in [1.165, 1.54) is 6.21 Å². The normalized spacial score (nSPS) is 9.85. The van der Waals surface area contributed by atoms with Crippen molar-refractivity contribution in [3.63, 3.8) is 0 Å². The van der Waals surface area contributed by atoms with Gasteiger partial charge in [-0.15, -0.1) is 6.42 Å². The van der Waals surface area contributed by atoms with Crippen LogP contribution in [0.15, 0.2) is 23.3 Å². The minimum Gasteiger partial charge on any atom is -0.507 e. The van der Waals surface area contributed by atoms with E-state index in [0.29, 0.717) is 11.1 Å². The van der Waals surface area contributed by atoms with Gasteiger partial charge in [-0.25, -0.2) is 0 Å². The summed E-state index contributed by atoms with van der Waals surface area (Å²) in [6.45, 7) is 0. The molecule has 0 heterocycles. The Kier molecular flexibility index (Phi) is 2.93. The van der Waals surface area contributed by atoms with E-state index in [-0.39, 0.29) is 5.75 Å². The Morgan fingerprint density at radius 2 is 2.38 bits per heavy atom. The van der Waals surface area contributed by atoms with Crippen LogP contribution >= 0.6 is 0 Å². The fourth-order valence-electron chi connectivity index (χ4n) is 0.944. The first kappa shape index (κ1) is 9.14. The summed E-state index contributed by atoms with van der Waals surface area (Å²) in [4.78, 5) is 0. The number of hydrogen-bond donors (Lipinski definition) is 2. The van der Waals surface area contributed by atoms with Gasteiger partial charge in [-0.3, -0.25) is 0 Å².